The van der Waals surface area contributed by atoms with Crippen LogP contribution in [0.15, 0.2) is 12.1 Å². The number of hydrogen-bond donors (Lipinski definition) is 3. The minimum Gasteiger partial charge on any atom is -0.480 e. The molecule has 0 aliphatic carbocycles. The topological polar surface area (TPSA) is 89.3 Å². The molecule has 1 atom stereocenters. The Labute approximate surface area is 78.1 Å². The predicted octanol–water partition coefficient (Wildman–Crippen LogP) is 0.631. The van der Waals surface area contributed by atoms with Gasteiger partial charge in [-0.25, -0.2) is 8.78 Å². The number of aliphatic carboxylic acids is 1. The highest BCUT2D eigenvalue weighted by atomic mass is 19.1. The molecule has 1 aromatic carbocycles. The van der Waals surface area contributed by atoms with E-state index in [2.05, 4.69) is 0 Å². The van der Waals surface area contributed by atoms with E-state index in [1.54, 1.807) is 0 Å². The number of benzene rings is 1. The number of halogens is 2. The van der Waals surface area contributed by atoms with E-state index in [1.165, 1.54) is 0 Å². The lowest BCUT2D eigenvalue weighted by atomic mass is 10.1. The second-order valence-corrected chi connectivity index (χ2v) is 2.71. The van der Waals surface area contributed by atoms with Gasteiger partial charge >= 0.3 is 5.97 Å². The van der Waals surface area contributed by atoms with E-state index in [-0.39, 0.29) is 5.69 Å². The Hall–Kier alpha value is -1.69. The van der Waals surface area contributed by atoms with E-state index in [0.29, 0.717) is 0 Å². The van der Waals surface area contributed by atoms with Crippen molar-refractivity contribution in [3.8, 4) is 0 Å². The third kappa shape index (κ3) is 1.80. The van der Waals surface area contributed by atoms with Gasteiger partial charge in [-0.05, 0) is 12.1 Å². The Kier molecular flexibility index (Phi) is 2.66. The third-order valence-corrected chi connectivity index (χ3v) is 1.68. The number of carbonyl (C=O) groups is 1. The minimum atomic E-state index is -1.73. The maximum atomic E-state index is 13.1. The smallest absolute Gasteiger partial charge is 0.325 e. The Morgan fingerprint density at radius 1 is 1.36 bits per heavy atom. The number of nitrogen functional groups attached to an aromatic ring is 1. The van der Waals surface area contributed by atoms with Gasteiger partial charge in [-0.2, -0.15) is 0 Å². The molecular formula is C8H8F2N2O2. The first-order chi connectivity index (χ1) is 6.43. The number of rotatable bonds is 2. The van der Waals surface area contributed by atoms with E-state index in [1.807, 2.05) is 0 Å². The summed E-state index contributed by atoms with van der Waals surface area (Å²) in [5.41, 5.74) is 9.39. The lowest BCUT2D eigenvalue weighted by Gasteiger charge is -2.09. The van der Waals surface area contributed by atoms with Crippen molar-refractivity contribution in [2.45, 2.75) is 6.04 Å². The van der Waals surface area contributed by atoms with E-state index in [4.69, 9.17) is 16.6 Å². The van der Waals surface area contributed by atoms with E-state index < -0.39 is 29.2 Å². The summed E-state index contributed by atoms with van der Waals surface area (Å²) < 4.78 is 26.1. The summed E-state index contributed by atoms with van der Waals surface area (Å²) in [6, 6.07) is -0.0850. The van der Waals surface area contributed by atoms with Crippen LogP contribution in [0.1, 0.15) is 11.6 Å². The van der Waals surface area contributed by atoms with Crippen molar-refractivity contribution in [1.29, 1.82) is 0 Å². The first-order valence-electron chi connectivity index (χ1n) is 3.66. The van der Waals surface area contributed by atoms with Gasteiger partial charge in [0.25, 0.3) is 0 Å². The largest absolute Gasteiger partial charge is 0.480 e. The molecule has 4 nitrogen and oxygen atoms in total. The van der Waals surface area contributed by atoms with Crippen molar-refractivity contribution in [2.75, 3.05) is 5.73 Å². The Bertz CT molecular complexity index is 359. The van der Waals surface area contributed by atoms with Gasteiger partial charge in [-0.15, -0.1) is 0 Å². The van der Waals surface area contributed by atoms with Gasteiger partial charge < -0.3 is 16.6 Å². The Morgan fingerprint density at radius 3 is 2.14 bits per heavy atom. The fourth-order valence-corrected chi connectivity index (χ4v) is 1.02. The molecule has 0 saturated heterocycles. The van der Waals surface area contributed by atoms with Crippen LogP contribution < -0.4 is 11.5 Å². The van der Waals surface area contributed by atoms with Crippen LogP contribution in [-0.2, 0) is 4.79 Å². The van der Waals surface area contributed by atoms with Crippen molar-refractivity contribution in [3.05, 3.63) is 29.3 Å². The van der Waals surface area contributed by atoms with E-state index >= 15 is 0 Å². The molecule has 1 aromatic rings. The van der Waals surface area contributed by atoms with Crippen LogP contribution in [0.3, 0.4) is 0 Å². The molecule has 0 spiro atoms. The molecule has 76 valence electrons. The number of anilines is 1. The molecule has 0 fully saturated rings. The summed E-state index contributed by atoms with van der Waals surface area (Å²) in [4.78, 5) is 10.4. The zero-order chi connectivity index (χ0) is 10.9. The first-order valence-corrected chi connectivity index (χ1v) is 3.66. The van der Waals surface area contributed by atoms with Crippen molar-refractivity contribution in [1.82, 2.24) is 0 Å². The van der Waals surface area contributed by atoms with Gasteiger partial charge in [0.05, 0.1) is 5.56 Å². The molecule has 0 saturated carbocycles. The summed E-state index contributed by atoms with van der Waals surface area (Å²) in [5.74, 6) is -3.62. The van der Waals surface area contributed by atoms with Crippen molar-refractivity contribution >= 4 is 11.7 Å². The fraction of sp³-hybridized carbons (Fsp3) is 0.125. The molecule has 1 rings (SSSR count). The molecule has 1 unspecified atom stereocenters. The van der Waals surface area contributed by atoms with Gasteiger partial charge in [-0.1, -0.05) is 0 Å². The maximum Gasteiger partial charge on any atom is 0.325 e. The third-order valence-electron chi connectivity index (χ3n) is 1.68. The van der Waals surface area contributed by atoms with E-state index in [9.17, 15) is 13.6 Å². The Morgan fingerprint density at radius 2 is 1.79 bits per heavy atom. The molecular weight excluding hydrogens is 194 g/mol. The van der Waals surface area contributed by atoms with Gasteiger partial charge in [0, 0.05) is 5.69 Å². The molecule has 0 aliphatic heterocycles. The molecule has 0 amide bonds. The molecule has 0 aliphatic rings. The molecule has 14 heavy (non-hydrogen) atoms. The van der Waals surface area contributed by atoms with Gasteiger partial charge in [0.1, 0.15) is 17.7 Å². The molecule has 5 N–H and O–H groups in total. The van der Waals surface area contributed by atoms with Crippen molar-refractivity contribution < 1.29 is 18.7 Å². The number of carboxylic acids is 1. The lowest BCUT2D eigenvalue weighted by Crippen LogP contribution is -2.23. The quantitative estimate of drug-likeness (QED) is 0.613. The highest BCUT2D eigenvalue weighted by Crippen LogP contribution is 2.21. The minimum absolute atomic E-state index is 0.124. The molecule has 0 bridgehead atoms. The van der Waals surface area contributed by atoms with Crippen LogP contribution in [0, 0.1) is 11.6 Å². The maximum absolute atomic E-state index is 13.1. The lowest BCUT2D eigenvalue weighted by molar-refractivity contribution is -0.138. The van der Waals surface area contributed by atoms with Crippen LogP contribution in [0.5, 0.6) is 0 Å². The van der Waals surface area contributed by atoms with E-state index in [0.717, 1.165) is 12.1 Å². The summed E-state index contributed by atoms with van der Waals surface area (Å²) >= 11 is 0. The summed E-state index contributed by atoms with van der Waals surface area (Å²) in [6.07, 6.45) is 0. The summed E-state index contributed by atoms with van der Waals surface area (Å²) in [7, 11) is 0. The standard InChI is InChI=1S/C8H8F2N2O2/c9-4-1-3(11)2-5(10)6(4)7(12)8(13)14/h1-2,7H,11-12H2,(H,13,14). The highest BCUT2D eigenvalue weighted by molar-refractivity contribution is 5.75. The molecule has 6 heteroatoms. The van der Waals surface area contributed by atoms with Crippen LogP contribution in [-0.4, -0.2) is 11.1 Å². The molecule has 0 radical (unpaired) electrons. The zero-order valence-corrected chi connectivity index (χ0v) is 7.00. The summed E-state index contributed by atoms with van der Waals surface area (Å²) in [6.45, 7) is 0. The number of carboxylic acid groups (broad SMARTS) is 1. The SMILES string of the molecule is Nc1cc(F)c(C(N)C(=O)O)c(F)c1. The second-order valence-electron chi connectivity index (χ2n) is 2.71. The normalized spacial score (nSPS) is 12.5. The molecule has 0 heterocycles. The van der Waals surface area contributed by atoms with Crippen LogP contribution in [0.25, 0.3) is 0 Å². The predicted molar refractivity (Wildman–Crippen MR) is 45.3 cm³/mol. The van der Waals surface area contributed by atoms with Crippen molar-refractivity contribution in [3.63, 3.8) is 0 Å². The average Bonchev–Trinajstić information content (AvgIpc) is 2.01. The average molecular weight is 202 g/mol. The first kappa shape index (κ1) is 10.4. The fourth-order valence-electron chi connectivity index (χ4n) is 1.02. The summed E-state index contributed by atoms with van der Waals surface area (Å²) in [5, 5.41) is 8.46. The highest BCUT2D eigenvalue weighted by Gasteiger charge is 2.22. The van der Waals surface area contributed by atoms with Crippen molar-refractivity contribution in [2.24, 2.45) is 5.73 Å². The number of nitrogens with two attached hydrogens (primary N) is 2. The monoisotopic (exact) mass is 202 g/mol. The number of hydrogen-bond acceptors (Lipinski definition) is 3. The van der Waals surface area contributed by atoms with Crippen LogP contribution >= 0.6 is 0 Å². The zero-order valence-electron chi connectivity index (χ0n) is 7.00. The van der Waals surface area contributed by atoms with Gasteiger partial charge in [0.15, 0.2) is 0 Å². The van der Waals surface area contributed by atoms with Gasteiger partial charge in [-0.3, -0.25) is 4.79 Å². The molecule has 0 aromatic heterocycles. The van der Waals surface area contributed by atoms with Crippen LogP contribution in [0.4, 0.5) is 14.5 Å². The van der Waals surface area contributed by atoms with Crippen LogP contribution in [0.2, 0.25) is 0 Å². The van der Waals surface area contributed by atoms with Gasteiger partial charge in [0.2, 0.25) is 0 Å². The second kappa shape index (κ2) is 3.59. The Balaban J connectivity index is 3.27.